The predicted octanol–water partition coefficient (Wildman–Crippen LogP) is 8.67. The van der Waals surface area contributed by atoms with Crippen LogP contribution in [0.25, 0.3) is 0 Å². The number of unbranched alkanes of at least 4 members (excludes halogenated alkanes) is 30. The Morgan fingerprint density at radius 1 is 0.525 bits per heavy atom. The highest BCUT2D eigenvalue weighted by atomic mass is 16.7. The van der Waals surface area contributed by atoms with Crippen molar-refractivity contribution in [2.75, 3.05) is 13.2 Å². The summed E-state index contributed by atoms with van der Waals surface area (Å²) in [7, 11) is 0. The summed E-state index contributed by atoms with van der Waals surface area (Å²) in [5.41, 5.74) is 0. The molecule has 8 N–H and O–H groups in total. The van der Waals surface area contributed by atoms with Crippen LogP contribution in [0.4, 0.5) is 0 Å². The van der Waals surface area contributed by atoms with Gasteiger partial charge in [0.25, 0.3) is 0 Å². The number of hydrogen-bond donors (Lipinski definition) is 8. The van der Waals surface area contributed by atoms with Crippen LogP contribution >= 0.6 is 0 Å². The van der Waals surface area contributed by atoms with Crippen LogP contribution in [-0.2, 0) is 14.3 Å². The molecule has 59 heavy (non-hydrogen) atoms. The van der Waals surface area contributed by atoms with Gasteiger partial charge in [-0.1, -0.05) is 219 Å². The van der Waals surface area contributed by atoms with Crippen LogP contribution in [0.5, 0.6) is 0 Å². The zero-order chi connectivity index (χ0) is 43.4. The summed E-state index contributed by atoms with van der Waals surface area (Å²) in [6, 6.07) is -1.16. The van der Waals surface area contributed by atoms with Crippen LogP contribution in [0.2, 0.25) is 0 Å². The minimum absolute atomic E-state index is 0.266. The molecule has 1 saturated heterocycles. The molecule has 0 aromatic heterocycles. The summed E-state index contributed by atoms with van der Waals surface area (Å²) >= 11 is 0. The SMILES string of the molecule is CCCCCCCCCCCCCCCCCCC[C@@H](O)C(=O)N[C@@H](CO[C@H]1O[C@H](CO)[C@H](O)[C@H](O)[C@H]1O)[C@H](O)[C@H](O)CCCCCCCCCCCCCCCCC. The van der Waals surface area contributed by atoms with Crippen molar-refractivity contribution in [1.29, 1.82) is 0 Å². The predicted molar refractivity (Wildman–Crippen MR) is 238 cm³/mol. The largest absolute Gasteiger partial charge is 0.394 e. The molecular weight excluding hydrogens is 751 g/mol. The van der Waals surface area contributed by atoms with Gasteiger partial charge >= 0.3 is 0 Å². The van der Waals surface area contributed by atoms with Crippen LogP contribution < -0.4 is 5.32 Å². The molecule has 1 heterocycles. The number of rotatable bonds is 42. The Bertz CT molecular complexity index is 928. The number of hydrogen-bond acceptors (Lipinski definition) is 10. The second-order valence-corrected chi connectivity index (χ2v) is 17.9. The van der Waals surface area contributed by atoms with E-state index in [0.29, 0.717) is 19.3 Å². The molecule has 1 aliphatic rings. The second kappa shape index (κ2) is 38.8. The molecule has 352 valence electrons. The van der Waals surface area contributed by atoms with Gasteiger partial charge in [-0.25, -0.2) is 0 Å². The molecular formula is C48H95NO10. The van der Waals surface area contributed by atoms with Crippen LogP contribution in [0.1, 0.15) is 232 Å². The number of carbonyl (C=O) groups is 1. The highest BCUT2D eigenvalue weighted by Gasteiger charge is 2.44. The van der Waals surface area contributed by atoms with Gasteiger partial charge < -0.3 is 50.5 Å². The quantitative estimate of drug-likeness (QED) is 0.0276. The first kappa shape index (κ1) is 56.1. The number of carbonyl (C=O) groups excluding carboxylic acids is 1. The minimum Gasteiger partial charge on any atom is -0.394 e. The Kier molecular flexibility index (Phi) is 36.9. The van der Waals surface area contributed by atoms with Gasteiger partial charge in [0.05, 0.1) is 25.4 Å². The van der Waals surface area contributed by atoms with E-state index in [4.69, 9.17) is 9.47 Å². The summed E-state index contributed by atoms with van der Waals surface area (Å²) < 4.78 is 11.1. The van der Waals surface area contributed by atoms with E-state index in [0.717, 1.165) is 38.5 Å². The smallest absolute Gasteiger partial charge is 0.249 e. The van der Waals surface area contributed by atoms with Gasteiger partial charge in [0.1, 0.15) is 36.6 Å². The van der Waals surface area contributed by atoms with E-state index in [2.05, 4.69) is 19.2 Å². The number of nitrogens with one attached hydrogen (secondary N) is 1. The maximum Gasteiger partial charge on any atom is 0.249 e. The van der Waals surface area contributed by atoms with Gasteiger partial charge in [-0.2, -0.15) is 0 Å². The Morgan fingerprint density at radius 2 is 0.881 bits per heavy atom. The number of amides is 1. The van der Waals surface area contributed by atoms with E-state index in [1.54, 1.807) is 0 Å². The molecule has 0 radical (unpaired) electrons. The van der Waals surface area contributed by atoms with Crippen molar-refractivity contribution in [3.8, 4) is 0 Å². The average Bonchev–Trinajstić information content (AvgIpc) is 3.23. The van der Waals surface area contributed by atoms with Crippen LogP contribution in [-0.4, -0.2) is 110 Å². The van der Waals surface area contributed by atoms with Gasteiger partial charge in [0.15, 0.2) is 6.29 Å². The third-order valence-electron chi connectivity index (χ3n) is 12.4. The van der Waals surface area contributed by atoms with Crippen molar-refractivity contribution in [1.82, 2.24) is 5.32 Å². The lowest BCUT2D eigenvalue weighted by Crippen LogP contribution is -2.60. The molecule has 0 aliphatic carbocycles. The molecule has 11 heteroatoms. The summed E-state index contributed by atoms with van der Waals surface area (Å²) in [6.45, 7) is 3.46. The molecule has 11 nitrogen and oxygen atoms in total. The number of aliphatic hydroxyl groups excluding tert-OH is 7. The zero-order valence-corrected chi connectivity index (χ0v) is 38.0. The van der Waals surface area contributed by atoms with E-state index in [1.165, 1.54) is 154 Å². The fraction of sp³-hybridized carbons (Fsp3) is 0.979. The van der Waals surface area contributed by atoms with Gasteiger partial charge in [-0.05, 0) is 12.8 Å². The van der Waals surface area contributed by atoms with E-state index in [1.807, 2.05) is 0 Å². The van der Waals surface area contributed by atoms with Gasteiger partial charge in [0, 0.05) is 0 Å². The second-order valence-electron chi connectivity index (χ2n) is 17.9. The van der Waals surface area contributed by atoms with E-state index in [-0.39, 0.29) is 6.42 Å². The molecule has 1 fully saturated rings. The van der Waals surface area contributed by atoms with E-state index >= 15 is 0 Å². The third-order valence-corrected chi connectivity index (χ3v) is 12.4. The molecule has 0 aromatic rings. The zero-order valence-electron chi connectivity index (χ0n) is 38.0. The molecule has 1 rings (SSSR count). The molecule has 9 atom stereocenters. The lowest BCUT2D eigenvalue weighted by Gasteiger charge is -2.40. The molecule has 1 aliphatic heterocycles. The highest BCUT2D eigenvalue weighted by Crippen LogP contribution is 2.23. The minimum atomic E-state index is -1.66. The topological polar surface area (TPSA) is 189 Å². The summed E-state index contributed by atoms with van der Waals surface area (Å²) in [4.78, 5) is 13.1. The lowest BCUT2D eigenvalue weighted by molar-refractivity contribution is -0.303. The highest BCUT2D eigenvalue weighted by molar-refractivity contribution is 5.80. The molecule has 0 spiro atoms. The van der Waals surface area contributed by atoms with Crippen molar-refractivity contribution < 1.29 is 50.0 Å². The van der Waals surface area contributed by atoms with Crippen LogP contribution in [0, 0.1) is 0 Å². The van der Waals surface area contributed by atoms with Crippen molar-refractivity contribution in [2.24, 2.45) is 0 Å². The summed E-state index contributed by atoms with van der Waals surface area (Å²) in [5.74, 6) is -0.692. The molecule has 0 unspecified atom stereocenters. The monoisotopic (exact) mass is 846 g/mol. The van der Waals surface area contributed by atoms with Gasteiger partial charge in [-0.15, -0.1) is 0 Å². The van der Waals surface area contributed by atoms with Crippen molar-refractivity contribution in [3.63, 3.8) is 0 Å². The number of ether oxygens (including phenoxy) is 2. The Labute approximate surface area is 360 Å². The van der Waals surface area contributed by atoms with Crippen molar-refractivity contribution >= 4 is 5.91 Å². The lowest BCUT2D eigenvalue weighted by atomic mass is 9.98. The van der Waals surface area contributed by atoms with Crippen LogP contribution in [0.3, 0.4) is 0 Å². The molecule has 0 aromatic carbocycles. The fourth-order valence-corrected chi connectivity index (χ4v) is 8.27. The van der Waals surface area contributed by atoms with Crippen molar-refractivity contribution in [2.45, 2.75) is 287 Å². The normalized spacial score (nSPS) is 21.7. The molecule has 0 saturated carbocycles. The first-order valence-electron chi connectivity index (χ1n) is 24.9. The summed E-state index contributed by atoms with van der Waals surface area (Å²) in [6.07, 6.45) is 28.5. The fourth-order valence-electron chi connectivity index (χ4n) is 8.27. The van der Waals surface area contributed by atoms with Gasteiger partial charge in [-0.3, -0.25) is 4.79 Å². The van der Waals surface area contributed by atoms with Crippen LogP contribution in [0.15, 0.2) is 0 Å². The number of aliphatic hydroxyl groups is 7. The molecule has 0 bridgehead atoms. The summed E-state index contributed by atoms with van der Waals surface area (Å²) in [5, 5.41) is 75.8. The standard InChI is InChI=1S/C48H95NO10/c1-3-5-7-9-11-13-15-17-19-20-22-24-26-28-30-32-34-36-41(52)47(57)49-39(38-58-48-46(56)45(55)44(54)42(37-50)59-48)43(53)40(51)35-33-31-29-27-25-23-21-18-16-14-12-10-8-6-4-2/h39-46,48,50-56H,3-38H2,1-2H3,(H,49,57)/t39-,40+,41+,42+,43-,44-,45-,46+,48-/m0/s1. The van der Waals surface area contributed by atoms with Gasteiger partial charge in [0.2, 0.25) is 5.91 Å². The average molecular weight is 846 g/mol. The maximum absolute atomic E-state index is 13.1. The first-order valence-corrected chi connectivity index (χ1v) is 24.9. The third kappa shape index (κ3) is 28.4. The molecule has 1 amide bonds. The Morgan fingerprint density at radius 3 is 1.25 bits per heavy atom. The van der Waals surface area contributed by atoms with E-state index < -0.39 is 74.2 Å². The van der Waals surface area contributed by atoms with Crippen molar-refractivity contribution in [3.05, 3.63) is 0 Å². The Hall–Kier alpha value is -0.890. The maximum atomic E-state index is 13.1. The Balaban J connectivity index is 2.40. The first-order chi connectivity index (χ1) is 28.7. The van der Waals surface area contributed by atoms with E-state index in [9.17, 15) is 40.5 Å².